The number of carbonyl (C=O) groups is 2. The van der Waals surface area contributed by atoms with E-state index in [1.165, 1.54) is 6.07 Å². The van der Waals surface area contributed by atoms with Gasteiger partial charge in [-0.3, -0.25) is 0 Å². The first kappa shape index (κ1) is 10.9. The van der Waals surface area contributed by atoms with Crippen molar-refractivity contribution in [2.24, 2.45) is 0 Å². The number of rotatable bonds is 2. The summed E-state index contributed by atoms with van der Waals surface area (Å²) < 4.78 is 0. The Kier molecular flexibility index (Phi) is 2.44. The Bertz CT molecular complexity index is 634. The van der Waals surface area contributed by atoms with Crippen LogP contribution in [0.25, 0.3) is 10.8 Å². The summed E-state index contributed by atoms with van der Waals surface area (Å²) in [7, 11) is 0. The maximum Gasteiger partial charge on any atom is 0.337 e. The molecule has 0 bridgehead atoms. The normalized spacial score (nSPS) is 10.4. The molecule has 5 nitrogen and oxygen atoms in total. The summed E-state index contributed by atoms with van der Waals surface area (Å²) in [6, 6.07) is 7.73. The molecule has 17 heavy (non-hydrogen) atoms. The van der Waals surface area contributed by atoms with Crippen LogP contribution in [0, 0.1) is 0 Å². The van der Waals surface area contributed by atoms with E-state index in [1.807, 2.05) is 0 Å². The zero-order valence-corrected chi connectivity index (χ0v) is 8.68. The van der Waals surface area contributed by atoms with E-state index in [9.17, 15) is 9.59 Å². The number of fused-ring (bicyclic) bond motifs is 1. The van der Waals surface area contributed by atoms with Crippen LogP contribution in [0.1, 0.15) is 20.7 Å². The maximum absolute atomic E-state index is 11.1. The fourth-order valence-electron chi connectivity index (χ4n) is 1.80. The van der Waals surface area contributed by atoms with E-state index in [4.69, 9.17) is 15.9 Å². The fraction of sp³-hybridized carbons (Fsp3) is 0. The van der Waals surface area contributed by atoms with Crippen LogP contribution in [0.2, 0.25) is 0 Å². The van der Waals surface area contributed by atoms with E-state index in [1.54, 1.807) is 24.3 Å². The number of anilines is 1. The lowest BCUT2D eigenvalue weighted by atomic mass is 9.97. The summed E-state index contributed by atoms with van der Waals surface area (Å²) >= 11 is 0. The third kappa shape index (κ3) is 1.67. The average molecular weight is 231 g/mol. The molecule has 0 aliphatic rings. The van der Waals surface area contributed by atoms with E-state index in [2.05, 4.69) is 0 Å². The minimum atomic E-state index is -1.31. The molecule has 0 aliphatic heterocycles. The van der Waals surface area contributed by atoms with Gasteiger partial charge < -0.3 is 15.9 Å². The molecular formula is C12H9NO4. The number of nitrogen functional groups attached to an aromatic ring is 1. The molecule has 2 rings (SSSR count). The molecule has 86 valence electrons. The first-order valence-electron chi connectivity index (χ1n) is 4.80. The van der Waals surface area contributed by atoms with Gasteiger partial charge in [-0.2, -0.15) is 0 Å². The molecule has 0 spiro atoms. The maximum atomic E-state index is 11.1. The molecule has 0 amide bonds. The number of carboxylic acids is 2. The molecule has 0 aliphatic carbocycles. The highest BCUT2D eigenvalue weighted by atomic mass is 16.4. The largest absolute Gasteiger partial charge is 0.478 e. The van der Waals surface area contributed by atoms with E-state index in [-0.39, 0.29) is 16.8 Å². The monoisotopic (exact) mass is 231 g/mol. The zero-order valence-electron chi connectivity index (χ0n) is 8.68. The van der Waals surface area contributed by atoms with Gasteiger partial charge >= 0.3 is 11.9 Å². The molecule has 0 fully saturated rings. The number of hydrogen-bond acceptors (Lipinski definition) is 3. The van der Waals surface area contributed by atoms with Crippen molar-refractivity contribution in [3.8, 4) is 0 Å². The third-order valence-corrected chi connectivity index (χ3v) is 2.52. The van der Waals surface area contributed by atoms with Crippen molar-refractivity contribution in [2.45, 2.75) is 0 Å². The quantitative estimate of drug-likeness (QED) is 0.684. The lowest BCUT2D eigenvalue weighted by Gasteiger charge is -2.09. The van der Waals surface area contributed by atoms with Gasteiger partial charge in [-0.1, -0.05) is 24.3 Å². The highest BCUT2D eigenvalue weighted by Gasteiger charge is 2.20. The van der Waals surface area contributed by atoms with Crippen LogP contribution < -0.4 is 5.73 Å². The van der Waals surface area contributed by atoms with Gasteiger partial charge in [0.2, 0.25) is 0 Å². The van der Waals surface area contributed by atoms with Crippen molar-refractivity contribution in [2.75, 3.05) is 5.73 Å². The zero-order chi connectivity index (χ0) is 12.6. The molecular weight excluding hydrogens is 222 g/mol. The molecule has 5 heteroatoms. The Labute approximate surface area is 96.1 Å². The Morgan fingerprint density at radius 3 is 2.12 bits per heavy atom. The van der Waals surface area contributed by atoms with Crippen molar-refractivity contribution in [3.63, 3.8) is 0 Å². The summed E-state index contributed by atoms with van der Waals surface area (Å²) in [5.41, 5.74) is 5.43. The van der Waals surface area contributed by atoms with E-state index in [0.29, 0.717) is 10.8 Å². The van der Waals surface area contributed by atoms with Gasteiger partial charge in [-0.05, 0) is 11.5 Å². The highest BCUT2D eigenvalue weighted by molar-refractivity contribution is 6.14. The van der Waals surface area contributed by atoms with Crippen molar-refractivity contribution < 1.29 is 19.8 Å². The van der Waals surface area contributed by atoms with Gasteiger partial charge in [0.1, 0.15) is 0 Å². The third-order valence-electron chi connectivity index (χ3n) is 2.52. The van der Waals surface area contributed by atoms with Crippen molar-refractivity contribution in [3.05, 3.63) is 41.5 Å². The lowest BCUT2D eigenvalue weighted by molar-refractivity contribution is 0.0653. The van der Waals surface area contributed by atoms with Crippen LogP contribution in [-0.2, 0) is 0 Å². The molecule has 2 aromatic rings. The summed E-state index contributed by atoms with van der Waals surface area (Å²) in [6.07, 6.45) is 0. The Hall–Kier alpha value is -2.56. The Morgan fingerprint density at radius 1 is 1.00 bits per heavy atom. The fourth-order valence-corrected chi connectivity index (χ4v) is 1.80. The van der Waals surface area contributed by atoms with Gasteiger partial charge in [0.05, 0.1) is 11.1 Å². The molecule has 2 aromatic carbocycles. The van der Waals surface area contributed by atoms with Crippen molar-refractivity contribution in [1.82, 2.24) is 0 Å². The predicted molar refractivity (Wildman–Crippen MR) is 62.3 cm³/mol. The number of benzene rings is 2. The topological polar surface area (TPSA) is 101 Å². The standard InChI is InChI=1S/C12H9NO4/c13-9-5-8(11(14)15)10(12(16)17)7-4-2-1-3-6(7)9/h1-5H,13H2,(H,14,15)(H,16,17). The molecule has 4 N–H and O–H groups in total. The molecule has 0 unspecified atom stereocenters. The molecule has 0 saturated heterocycles. The number of carboxylic acid groups (broad SMARTS) is 2. The molecule has 0 heterocycles. The summed E-state index contributed by atoms with van der Waals surface area (Å²) in [6.45, 7) is 0. The van der Waals surface area contributed by atoms with Gasteiger partial charge in [0.15, 0.2) is 0 Å². The van der Waals surface area contributed by atoms with Gasteiger partial charge in [-0.15, -0.1) is 0 Å². The summed E-state index contributed by atoms with van der Waals surface area (Å²) in [5, 5.41) is 18.9. The van der Waals surface area contributed by atoms with Crippen LogP contribution in [0.5, 0.6) is 0 Å². The van der Waals surface area contributed by atoms with Crippen molar-refractivity contribution >= 4 is 28.4 Å². The summed E-state index contributed by atoms with van der Waals surface area (Å²) in [5.74, 6) is -2.58. The first-order valence-corrected chi connectivity index (χ1v) is 4.80. The second-order valence-electron chi connectivity index (χ2n) is 3.54. The molecule has 0 aromatic heterocycles. The smallest absolute Gasteiger partial charge is 0.337 e. The number of hydrogen-bond donors (Lipinski definition) is 3. The van der Waals surface area contributed by atoms with Gasteiger partial charge in [0, 0.05) is 11.1 Å². The average Bonchev–Trinajstić information content (AvgIpc) is 2.28. The minimum Gasteiger partial charge on any atom is -0.478 e. The second kappa shape index (κ2) is 3.79. The van der Waals surface area contributed by atoms with E-state index in [0.717, 1.165) is 0 Å². The van der Waals surface area contributed by atoms with Crippen LogP contribution in [0.3, 0.4) is 0 Å². The lowest BCUT2D eigenvalue weighted by Crippen LogP contribution is -2.10. The highest BCUT2D eigenvalue weighted by Crippen LogP contribution is 2.28. The first-order chi connectivity index (χ1) is 8.02. The molecule has 0 saturated carbocycles. The Balaban J connectivity index is 2.98. The SMILES string of the molecule is Nc1cc(C(=O)O)c(C(=O)O)c2ccccc12. The van der Waals surface area contributed by atoms with Crippen LogP contribution in [0.15, 0.2) is 30.3 Å². The molecule has 0 radical (unpaired) electrons. The Morgan fingerprint density at radius 2 is 1.59 bits per heavy atom. The second-order valence-corrected chi connectivity index (χ2v) is 3.54. The van der Waals surface area contributed by atoms with Gasteiger partial charge in [0.25, 0.3) is 0 Å². The van der Waals surface area contributed by atoms with Crippen LogP contribution in [0.4, 0.5) is 5.69 Å². The van der Waals surface area contributed by atoms with Crippen LogP contribution in [-0.4, -0.2) is 22.2 Å². The van der Waals surface area contributed by atoms with Gasteiger partial charge in [-0.25, -0.2) is 9.59 Å². The van der Waals surface area contributed by atoms with Crippen molar-refractivity contribution in [1.29, 1.82) is 0 Å². The predicted octanol–water partition coefficient (Wildman–Crippen LogP) is 1.82. The summed E-state index contributed by atoms with van der Waals surface area (Å²) in [4.78, 5) is 22.2. The molecule has 0 atom stereocenters. The number of aromatic carboxylic acids is 2. The number of nitrogens with two attached hydrogens (primary N) is 1. The minimum absolute atomic E-state index is 0.234. The van der Waals surface area contributed by atoms with E-state index >= 15 is 0 Å². The van der Waals surface area contributed by atoms with E-state index < -0.39 is 11.9 Å². The van der Waals surface area contributed by atoms with Crippen LogP contribution >= 0.6 is 0 Å².